The van der Waals surface area contributed by atoms with Crippen LogP contribution in [-0.4, -0.2) is 5.97 Å². The van der Waals surface area contributed by atoms with Gasteiger partial charge in [0.1, 0.15) is 0 Å². The molecule has 0 aliphatic heterocycles. The third-order valence-corrected chi connectivity index (χ3v) is 2.66. The molecule has 0 amide bonds. The Balaban J connectivity index is 2.11. The second kappa shape index (κ2) is 6.21. The van der Waals surface area contributed by atoms with Crippen molar-refractivity contribution in [1.29, 1.82) is 0 Å². The van der Waals surface area contributed by atoms with Crippen molar-refractivity contribution in [1.82, 2.24) is 0 Å². The van der Waals surface area contributed by atoms with Crippen LogP contribution in [-0.2, 0) is 4.79 Å². The van der Waals surface area contributed by atoms with E-state index in [2.05, 4.69) is 0 Å². The van der Waals surface area contributed by atoms with E-state index in [1.54, 1.807) is 0 Å². The first-order chi connectivity index (χ1) is 10.4. The molecule has 0 radical (unpaired) electrons. The van der Waals surface area contributed by atoms with Crippen LogP contribution >= 0.6 is 0 Å². The van der Waals surface area contributed by atoms with Gasteiger partial charge in [-0.3, -0.25) is 0 Å². The molecule has 114 valence electrons. The fourth-order valence-electron chi connectivity index (χ4n) is 1.64. The first-order valence-electron chi connectivity index (χ1n) is 6.06. The summed E-state index contributed by atoms with van der Waals surface area (Å²) in [5, 5.41) is 0. The van der Waals surface area contributed by atoms with Crippen LogP contribution in [0.5, 0.6) is 5.75 Å². The zero-order chi connectivity index (χ0) is 16.3. The Morgan fingerprint density at radius 3 is 2.27 bits per heavy atom. The van der Waals surface area contributed by atoms with Gasteiger partial charge in [-0.25, -0.2) is 18.0 Å². The molecular formula is C15H11F3N2O2. The van der Waals surface area contributed by atoms with Gasteiger partial charge in [0.05, 0.1) is 5.69 Å². The molecular weight excluding hydrogens is 297 g/mol. The normalized spacial score (nSPS) is 10.9. The van der Waals surface area contributed by atoms with Crippen LogP contribution in [0, 0.1) is 17.5 Å². The van der Waals surface area contributed by atoms with Crippen LogP contribution < -0.4 is 16.2 Å². The van der Waals surface area contributed by atoms with Crippen LogP contribution in [0.15, 0.2) is 36.4 Å². The van der Waals surface area contributed by atoms with Crippen molar-refractivity contribution < 1.29 is 22.7 Å². The van der Waals surface area contributed by atoms with Gasteiger partial charge in [0.15, 0.2) is 23.2 Å². The van der Waals surface area contributed by atoms with Crippen molar-refractivity contribution in [2.24, 2.45) is 0 Å². The molecule has 2 aromatic carbocycles. The maximum absolute atomic E-state index is 13.0. The molecule has 0 unspecified atom stereocenters. The summed E-state index contributed by atoms with van der Waals surface area (Å²) in [4.78, 5) is 11.6. The lowest BCUT2D eigenvalue weighted by Crippen LogP contribution is -2.06. The second-order valence-electron chi connectivity index (χ2n) is 4.35. The molecule has 0 aliphatic rings. The number of esters is 1. The number of nitrogens with two attached hydrogens (primary N) is 2. The number of rotatable bonds is 3. The Kier molecular flexibility index (Phi) is 4.36. The summed E-state index contributed by atoms with van der Waals surface area (Å²) >= 11 is 0. The van der Waals surface area contributed by atoms with Gasteiger partial charge in [-0.2, -0.15) is 0 Å². The second-order valence-corrected chi connectivity index (χ2v) is 4.35. The molecule has 0 atom stereocenters. The Hall–Kier alpha value is -2.96. The average Bonchev–Trinajstić information content (AvgIpc) is 2.45. The number of hydrogen-bond donors (Lipinski definition) is 2. The number of nitrogen functional groups attached to an aromatic ring is 2. The van der Waals surface area contributed by atoms with Gasteiger partial charge in [-0.1, -0.05) is 0 Å². The van der Waals surface area contributed by atoms with Gasteiger partial charge < -0.3 is 16.2 Å². The van der Waals surface area contributed by atoms with Gasteiger partial charge in [-0.05, 0) is 42.0 Å². The summed E-state index contributed by atoms with van der Waals surface area (Å²) in [6, 6.07) is 5.82. The highest BCUT2D eigenvalue weighted by Crippen LogP contribution is 2.23. The maximum atomic E-state index is 13.0. The number of ether oxygens (including phenoxy) is 1. The fraction of sp³-hybridized carbons (Fsp3) is 0. The van der Waals surface area contributed by atoms with Crippen molar-refractivity contribution >= 4 is 23.4 Å². The summed E-state index contributed by atoms with van der Waals surface area (Å²) in [6.45, 7) is 0. The zero-order valence-corrected chi connectivity index (χ0v) is 11.1. The molecule has 4 N–H and O–H groups in total. The molecule has 0 saturated heterocycles. The van der Waals surface area contributed by atoms with E-state index >= 15 is 0 Å². The molecule has 0 bridgehead atoms. The van der Waals surface area contributed by atoms with Crippen LogP contribution in [0.4, 0.5) is 24.5 Å². The minimum atomic E-state index is -1.57. The van der Waals surface area contributed by atoms with E-state index < -0.39 is 23.4 Å². The average molecular weight is 308 g/mol. The van der Waals surface area contributed by atoms with E-state index in [9.17, 15) is 18.0 Å². The predicted octanol–water partition coefficient (Wildman–Crippen LogP) is 2.89. The van der Waals surface area contributed by atoms with Crippen LogP contribution in [0.1, 0.15) is 5.56 Å². The minimum Gasteiger partial charge on any atom is -0.421 e. The van der Waals surface area contributed by atoms with Crippen molar-refractivity contribution in [3.05, 3.63) is 59.4 Å². The topological polar surface area (TPSA) is 78.3 Å². The summed E-state index contributed by atoms with van der Waals surface area (Å²) in [5.74, 6) is -5.00. The van der Waals surface area contributed by atoms with Crippen LogP contribution in [0.2, 0.25) is 0 Å². The number of anilines is 2. The number of benzene rings is 2. The molecule has 0 aliphatic carbocycles. The first kappa shape index (κ1) is 15.4. The van der Waals surface area contributed by atoms with E-state index in [0.29, 0.717) is 5.69 Å². The SMILES string of the molecule is Nc1ccc(OC(=O)C=Cc2cc(F)c(F)c(F)c2)c(N)c1. The Morgan fingerprint density at radius 1 is 1.05 bits per heavy atom. The molecule has 22 heavy (non-hydrogen) atoms. The molecule has 0 aromatic heterocycles. The smallest absolute Gasteiger partial charge is 0.336 e. The standard InChI is InChI=1S/C15H11F3N2O2/c16-10-5-8(6-11(17)15(10)18)1-4-14(21)22-13-3-2-9(19)7-12(13)20/h1-7H,19-20H2. The van der Waals surface area contributed by atoms with Gasteiger partial charge >= 0.3 is 5.97 Å². The molecule has 7 heteroatoms. The number of carbonyl (C=O) groups excluding carboxylic acids is 1. The molecule has 4 nitrogen and oxygen atoms in total. The quantitative estimate of drug-likeness (QED) is 0.300. The first-order valence-corrected chi connectivity index (χ1v) is 6.06. The van der Waals surface area contributed by atoms with E-state index in [1.807, 2.05) is 0 Å². The molecule has 0 heterocycles. The highest BCUT2D eigenvalue weighted by molar-refractivity contribution is 5.89. The van der Waals surface area contributed by atoms with Crippen LogP contribution in [0.25, 0.3) is 6.08 Å². The molecule has 2 aromatic rings. The summed E-state index contributed by atoms with van der Waals surface area (Å²) in [7, 11) is 0. The fourth-order valence-corrected chi connectivity index (χ4v) is 1.64. The number of carbonyl (C=O) groups is 1. The summed E-state index contributed by atoms with van der Waals surface area (Å²) in [5.41, 5.74) is 11.7. The summed E-state index contributed by atoms with van der Waals surface area (Å²) < 4.78 is 43.7. The largest absolute Gasteiger partial charge is 0.421 e. The van der Waals surface area contributed by atoms with Gasteiger partial charge in [-0.15, -0.1) is 0 Å². The van der Waals surface area contributed by atoms with E-state index in [1.165, 1.54) is 18.2 Å². The van der Waals surface area contributed by atoms with Gasteiger partial charge in [0.25, 0.3) is 0 Å². The third kappa shape index (κ3) is 3.57. The van der Waals surface area contributed by atoms with Crippen molar-refractivity contribution in [3.8, 4) is 5.75 Å². The van der Waals surface area contributed by atoms with Crippen molar-refractivity contribution in [3.63, 3.8) is 0 Å². The van der Waals surface area contributed by atoms with Crippen molar-refractivity contribution in [2.45, 2.75) is 0 Å². The predicted molar refractivity (Wildman–Crippen MR) is 76.3 cm³/mol. The van der Waals surface area contributed by atoms with E-state index in [0.717, 1.165) is 24.3 Å². The van der Waals surface area contributed by atoms with Gasteiger partial charge in [0.2, 0.25) is 0 Å². The molecule has 0 fully saturated rings. The lowest BCUT2D eigenvalue weighted by atomic mass is 10.2. The van der Waals surface area contributed by atoms with Crippen molar-refractivity contribution in [2.75, 3.05) is 11.5 Å². The molecule has 2 rings (SSSR count). The highest BCUT2D eigenvalue weighted by atomic mass is 19.2. The lowest BCUT2D eigenvalue weighted by molar-refractivity contribution is -0.128. The third-order valence-electron chi connectivity index (χ3n) is 2.66. The van der Waals surface area contributed by atoms with Gasteiger partial charge in [0, 0.05) is 11.8 Å². The number of halogens is 3. The molecule has 0 spiro atoms. The lowest BCUT2D eigenvalue weighted by Gasteiger charge is -2.05. The Morgan fingerprint density at radius 2 is 1.68 bits per heavy atom. The highest BCUT2D eigenvalue weighted by Gasteiger charge is 2.10. The zero-order valence-electron chi connectivity index (χ0n) is 11.1. The monoisotopic (exact) mass is 308 g/mol. The van der Waals surface area contributed by atoms with Crippen LogP contribution in [0.3, 0.4) is 0 Å². The Labute approximate surface area is 123 Å². The Bertz CT molecular complexity index is 737. The maximum Gasteiger partial charge on any atom is 0.336 e. The minimum absolute atomic E-state index is 0.0290. The summed E-state index contributed by atoms with van der Waals surface area (Å²) in [6.07, 6.45) is 2.02. The number of hydrogen-bond acceptors (Lipinski definition) is 4. The van der Waals surface area contributed by atoms with E-state index in [4.69, 9.17) is 16.2 Å². The van der Waals surface area contributed by atoms with E-state index in [-0.39, 0.29) is 17.0 Å². The molecule has 0 saturated carbocycles.